The molecule has 0 saturated carbocycles. The van der Waals surface area contributed by atoms with Crippen molar-refractivity contribution >= 4 is 109 Å². The van der Waals surface area contributed by atoms with E-state index in [0.29, 0.717) is 5.27 Å². The van der Waals surface area contributed by atoms with E-state index < -0.39 is 0 Å². The molecule has 2 nitrogen and oxygen atoms in total. The van der Waals surface area contributed by atoms with E-state index in [0.717, 1.165) is 0 Å². The average molecular weight is 739 g/mol. The van der Waals surface area contributed by atoms with Gasteiger partial charge in [0.25, 0.3) is 0 Å². The van der Waals surface area contributed by atoms with Gasteiger partial charge in [0.05, 0.1) is 22.1 Å². The van der Waals surface area contributed by atoms with Crippen LogP contribution in [0.1, 0.15) is 0 Å². The number of hydrogen-bond donors (Lipinski definition) is 0. The zero-order chi connectivity index (χ0) is 35.1. The van der Waals surface area contributed by atoms with Crippen LogP contribution in [0, 0.1) is 0 Å². The second kappa shape index (κ2) is 11.0. The van der Waals surface area contributed by atoms with Crippen molar-refractivity contribution in [2.75, 3.05) is 0 Å². The predicted octanol–water partition coefficient (Wildman–Crippen LogP) is 13.5. The Kier molecular flexibility index (Phi) is 6.04. The van der Waals surface area contributed by atoms with Crippen LogP contribution in [0.25, 0.3) is 97.4 Å². The number of benzene rings is 8. The lowest BCUT2D eigenvalue weighted by atomic mass is 9.77. The third-order valence-corrected chi connectivity index (χ3v) is 15.4. The number of rotatable bonds is 2. The second-order valence-corrected chi connectivity index (χ2v) is 17.9. The summed E-state index contributed by atoms with van der Waals surface area (Å²) in [5.74, 6) is 0. The summed E-state index contributed by atoms with van der Waals surface area (Å²) in [6.07, 6.45) is 0. The van der Waals surface area contributed by atoms with Gasteiger partial charge in [0.15, 0.2) is 0 Å². The first-order valence-corrected chi connectivity index (χ1v) is 20.9. The quantitative estimate of drug-likeness (QED) is 0.163. The number of fused-ring (bicyclic) bond motifs is 16. The van der Waals surface area contributed by atoms with Crippen molar-refractivity contribution < 1.29 is 0 Å². The number of nitrogens with zero attached hydrogens (tertiary/aromatic N) is 2. The molecule has 0 saturated heterocycles. The van der Waals surface area contributed by atoms with Gasteiger partial charge in [-0.15, -0.1) is 11.3 Å². The summed E-state index contributed by atoms with van der Waals surface area (Å²) in [6, 6.07) is 61.1. The van der Waals surface area contributed by atoms with E-state index in [1.54, 1.807) is 0 Å². The van der Waals surface area contributed by atoms with Gasteiger partial charge < -0.3 is 9.13 Å². The average Bonchev–Trinajstić information content (AvgIpc) is 3.89. The molecule has 2 aliphatic rings. The molecule has 0 aliphatic carbocycles. The Labute approximate surface area is 323 Å². The van der Waals surface area contributed by atoms with Crippen LogP contribution in [0.2, 0.25) is 0 Å². The van der Waals surface area contributed by atoms with Crippen molar-refractivity contribution in [3.63, 3.8) is 0 Å². The Morgan fingerprint density at radius 2 is 0.926 bits per heavy atom. The van der Waals surface area contributed by atoms with Crippen LogP contribution in [-0.4, -0.2) is 14.4 Å². The molecule has 11 aromatic rings. The Balaban J connectivity index is 1.30. The van der Waals surface area contributed by atoms with Crippen LogP contribution in [0.15, 0.2) is 174 Å². The molecule has 3 aromatic heterocycles. The van der Waals surface area contributed by atoms with Crippen molar-refractivity contribution in [1.29, 1.82) is 0 Å². The minimum absolute atomic E-state index is 0.303. The SMILES string of the molecule is c1ccc(-n2c3ccccc3c3c4c5ccccc5sc4c4c5ccccc5n(-c5cc6c7c(c5)-c5ccccc5SB7Sc5ccccc5-6)c4c32)cc1. The van der Waals surface area contributed by atoms with Gasteiger partial charge in [0.1, 0.15) is 0 Å². The largest absolute Gasteiger partial charge is 0.318 e. The highest BCUT2D eigenvalue weighted by molar-refractivity contribution is 8.56. The fraction of sp³-hybridized carbons (Fsp3) is 0. The van der Waals surface area contributed by atoms with Crippen molar-refractivity contribution in [2.45, 2.75) is 9.79 Å². The van der Waals surface area contributed by atoms with E-state index in [4.69, 9.17) is 0 Å². The molecule has 0 amide bonds. The Bertz CT molecular complexity index is 3340. The fourth-order valence-electron chi connectivity index (χ4n) is 9.42. The third kappa shape index (κ3) is 3.85. The summed E-state index contributed by atoms with van der Waals surface area (Å²) in [7, 11) is 0. The molecule has 54 heavy (non-hydrogen) atoms. The molecule has 0 atom stereocenters. The molecule has 0 spiro atoms. The van der Waals surface area contributed by atoms with Gasteiger partial charge in [-0.25, -0.2) is 0 Å². The van der Waals surface area contributed by atoms with Gasteiger partial charge in [-0.05, 0) is 82.3 Å². The Morgan fingerprint density at radius 3 is 1.61 bits per heavy atom. The van der Waals surface area contributed by atoms with E-state index in [2.05, 4.69) is 173 Å². The lowest BCUT2D eigenvalue weighted by molar-refractivity contribution is 1.15. The minimum atomic E-state index is 0.303. The van der Waals surface area contributed by atoms with Crippen LogP contribution in [0.5, 0.6) is 0 Å². The maximum Gasteiger partial charge on any atom is 0.318 e. The van der Waals surface area contributed by atoms with Gasteiger partial charge in [-0.1, -0.05) is 109 Å². The number of para-hydroxylation sites is 3. The fourth-order valence-corrected chi connectivity index (χ4v) is 13.6. The first-order valence-electron chi connectivity index (χ1n) is 18.4. The summed E-state index contributed by atoms with van der Waals surface area (Å²) in [4.78, 5) is 2.71. The molecular weight excluding hydrogens is 712 g/mol. The Morgan fingerprint density at radius 1 is 0.407 bits per heavy atom. The Hall–Kier alpha value is -5.66. The summed E-state index contributed by atoms with van der Waals surface area (Å²) >= 11 is 5.93. The van der Waals surface area contributed by atoms with Crippen LogP contribution in [0.3, 0.4) is 0 Å². The molecule has 6 heteroatoms. The number of thiophene rings is 1. The van der Waals surface area contributed by atoms with Gasteiger partial charge >= 0.3 is 5.27 Å². The van der Waals surface area contributed by atoms with Gasteiger partial charge in [-0.2, -0.15) is 23.2 Å². The zero-order valence-electron chi connectivity index (χ0n) is 28.8. The number of aromatic nitrogens is 2. The molecule has 0 unspecified atom stereocenters. The molecule has 8 aromatic carbocycles. The van der Waals surface area contributed by atoms with E-state index in [1.807, 2.05) is 34.6 Å². The molecule has 0 fully saturated rings. The monoisotopic (exact) mass is 738 g/mol. The summed E-state index contributed by atoms with van der Waals surface area (Å²) in [6.45, 7) is 0. The normalized spacial score (nSPS) is 13.4. The lowest BCUT2D eigenvalue weighted by Gasteiger charge is -2.32. The summed E-state index contributed by atoms with van der Waals surface area (Å²) in [5, 5.41) is 8.19. The van der Waals surface area contributed by atoms with Crippen LogP contribution in [-0.2, 0) is 0 Å². The standard InChI is InChI=1S/C48H27BN2S3/c1-2-14-28(15-3-1)50-37-21-9-4-18-32(37)42-43-34-20-8-11-23-39(34)52-48(43)44-33-19-5-10-22-38(33)51(47(44)46(42)50)29-26-35-30-16-6-12-24-40(30)53-49-45(35)36(27-29)31-17-7-13-25-41(31)54-49/h1-27H. The van der Waals surface area contributed by atoms with Crippen LogP contribution in [0.4, 0.5) is 0 Å². The van der Waals surface area contributed by atoms with Crippen molar-refractivity contribution in [3.8, 4) is 33.6 Å². The molecule has 250 valence electrons. The van der Waals surface area contributed by atoms with Crippen LogP contribution < -0.4 is 5.46 Å². The maximum absolute atomic E-state index is 2.61. The van der Waals surface area contributed by atoms with E-state index >= 15 is 0 Å². The van der Waals surface area contributed by atoms with Crippen LogP contribution >= 0.6 is 34.6 Å². The molecule has 0 bridgehead atoms. The van der Waals surface area contributed by atoms with Gasteiger partial charge in [-0.3, -0.25) is 0 Å². The molecule has 0 radical (unpaired) electrons. The highest BCUT2D eigenvalue weighted by Crippen LogP contribution is 2.53. The summed E-state index contributed by atoms with van der Waals surface area (Å²) in [5.41, 5.74) is 14.1. The molecule has 2 aliphatic heterocycles. The maximum atomic E-state index is 2.61. The minimum Gasteiger partial charge on any atom is -0.307 e. The molecular formula is C48H27BN2S3. The first-order chi connectivity index (χ1) is 26.8. The lowest BCUT2D eigenvalue weighted by Crippen LogP contribution is -2.33. The van der Waals surface area contributed by atoms with E-state index in [9.17, 15) is 0 Å². The van der Waals surface area contributed by atoms with Crippen molar-refractivity contribution in [2.24, 2.45) is 0 Å². The van der Waals surface area contributed by atoms with E-state index in [1.165, 1.54) is 113 Å². The zero-order valence-corrected chi connectivity index (χ0v) is 31.2. The highest BCUT2D eigenvalue weighted by Gasteiger charge is 2.37. The highest BCUT2D eigenvalue weighted by atomic mass is 32.2. The second-order valence-electron chi connectivity index (χ2n) is 14.3. The van der Waals surface area contributed by atoms with Crippen molar-refractivity contribution in [3.05, 3.63) is 164 Å². The summed E-state index contributed by atoms with van der Waals surface area (Å²) < 4.78 is 7.81. The number of hydrogen-bond acceptors (Lipinski definition) is 3. The first kappa shape index (κ1) is 29.8. The molecule has 0 N–H and O–H groups in total. The topological polar surface area (TPSA) is 9.86 Å². The van der Waals surface area contributed by atoms with Crippen molar-refractivity contribution in [1.82, 2.24) is 9.13 Å². The van der Waals surface area contributed by atoms with E-state index in [-0.39, 0.29) is 0 Å². The van der Waals surface area contributed by atoms with Gasteiger partial charge in [0.2, 0.25) is 0 Å². The van der Waals surface area contributed by atoms with Gasteiger partial charge in [0, 0.05) is 62.9 Å². The third-order valence-electron chi connectivity index (χ3n) is 11.5. The molecule has 5 heterocycles. The predicted molar refractivity (Wildman–Crippen MR) is 236 cm³/mol. The smallest absolute Gasteiger partial charge is 0.307 e. The molecule has 13 rings (SSSR count).